The minimum absolute atomic E-state index is 0.441. The molecule has 7 nitrogen and oxygen atoms in total. The van der Waals surface area contributed by atoms with E-state index >= 15 is 0 Å². The van der Waals surface area contributed by atoms with Crippen LogP contribution in [0.5, 0.6) is 0 Å². The Morgan fingerprint density at radius 3 is 2.32 bits per heavy atom. The first-order valence-corrected chi connectivity index (χ1v) is 6.97. The lowest BCUT2D eigenvalue weighted by Gasteiger charge is -2.27. The Labute approximate surface area is 108 Å². The molecule has 0 aliphatic carbocycles. The molecule has 19 heavy (non-hydrogen) atoms. The summed E-state index contributed by atoms with van der Waals surface area (Å²) < 4.78 is 60.9. The highest BCUT2D eigenvalue weighted by Gasteiger charge is 2.29. The summed E-state index contributed by atoms with van der Waals surface area (Å²) in [6, 6.07) is 0. The fraction of sp³-hybridized carbons (Fsp3) is 0.875. The minimum atomic E-state index is -4.64. The zero-order valence-corrected chi connectivity index (χ0v) is 10.8. The molecule has 0 saturated carbocycles. The number of carbonyl (C=O) groups excluding carboxylic acids is 1. The largest absolute Gasteiger partial charge is 0.402 e. The number of alkyl halides is 3. The number of piperazine rings is 1. The van der Waals surface area contributed by atoms with Crippen molar-refractivity contribution < 1.29 is 26.4 Å². The lowest BCUT2D eigenvalue weighted by atomic mass is 10.3. The van der Waals surface area contributed by atoms with Gasteiger partial charge in [0, 0.05) is 26.2 Å². The Balaban J connectivity index is 2.35. The summed E-state index contributed by atoms with van der Waals surface area (Å²) in [7, 11) is -4.33. The van der Waals surface area contributed by atoms with E-state index < -0.39 is 35.4 Å². The van der Waals surface area contributed by atoms with Gasteiger partial charge in [0.25, 0.3) is 10.2 Å². The zero-order chi connectivity index (χ0) is 14.5. The van der Waals surface area contributed by atoms with Crippen LogP contribution < -0.4 is 14.8 Å². The Morgan fingerprint density at radius 1 is 1.21 bits per heavy atom. The lowest BCUT2D eigenvalue weighted by Crippen LogP contribution is -2.51. The van der Waals surface area contributed by atoms with Gasteiger partial charge in [0.1, 0.15) is 6.54 Å². The molecule has 112 valence electrons. The number of carbonyl (C=O) groups is 1. The average Bonchev–Trinajstić information content (AvgIpc) is 2.34. The van der Waals surface area contributed by atoms with Crippen molar-refractivity contribution in [3.05, 3.63) is 0 Å². The van der Waals surface area contributed by atoms with Crippen LogP contribution >= 0.6 is 0 Å². The van der Waals surface area contributed by atoms with Crippen LogP contribution in [0.15, 0.2) is 0 Å². The second-order valence-corrected chi connectivity index (χ2v) is 5.48. The van der Waals surface area contributed by atoms with E-state index in [0.717, 1.165) is 0 Å². The van der Waals surface area contributed by atoms with Gasteiger partial charge >= 0.3 is 6.18 Å². The van der Waals surface area contributed by atoms with Crippen LogP contribution in [-0.4, -0.2) is 64.7 Å². The Hall–Kier alpha value is -0.910. The maximum absolute atomic E-state index is 11.8. The number of nitrogens with zero attached hydrogens (tertiary/aromatic N) is 1. The van der Waals surface area contributed by atoms with Crippen LogP contribution in [0.3, 0.4) is 0 Å². The van der Waals surface area contributed by atoms with E-state index in [0.29, 0.717) is 26.2 Å². The van der Waals surface area contributed by atoms with Crippen LogP contribution in [-0.2, 0) is 15.0 Å². The van der Waals surface area contributed by atoms with E-state index in [9.17, 15) is 26.4 Å². The fourth-order valence-corrected chi connectivity index (χ4v) is 2.18. The standard InChI is InChI=1S/C8H15F3N4O3S/c9-8(10,11)6-14-19(17,18)13-5-7(16)15-3-1-12-2-4-15/h12-14H,1-6H2. The van der Waals surface area contributed by atoms with Crippen molar-refractivity contribution in [1.82, 2.24) is 19.7 Å². The smallest absolute Gasteiger partial charge is 0.339 e. The number of nitrogens with one attached hydrogen (secondary N) is 3. The third kappa shape index (κ3) is 6.71. The predicted octanol–water partition coefficient (Wildman–Crippen LogP) is -1.60. The number of hydrogen-bond acceptors (Lipinski definition) is 4. The van der Waals surface area contributed by atoms with Crippen LogP contribution in [0.1, 0.15) is 0 Å². The Kier molecular flexibility index (Phi) is 5.52. The zero-order valence-electron chi connectivity index (χ0n) is 9.96. The molecule has 1 aliphatic heterocycles. The molecule has 1 heterocycles. The molecule has 0 aromatic heterocycles. The van der Waals surface area contributed by atoms with Gasteiger partial charge in [-0.05, 0) is 0 Å². The summed E-state index contributed by atoms with van der Waals surface area (Å²) in [6.07, 6.45) is -4.64. The van der Waals surface area contributed by atoms with E-state index in [1.54, 1.807) is 4.72 Å². The monoisotopic (exact) mass is 304 g/mol. The van der Waals surface area contributed by atoms with Gasteiger partial charge < -0.3 is 10.2 Å². The van der Waals surface area contributed by atoms with Crippen molar-refractivity contribution >= 4 is 16.1 Å². The summed E-state index contributed by atoms with van der Waals surface area (Å²) in [5.41, 5.74) is 0. The molecular weight excluding hydrogens is 289 g/mol. The first-order valence-electron chi connectivity index (χ1n) is 5.49. The normalized spacial score (nSPS) is 17.5. The van der Waals surface area contributed by atoms with Crippen molar-refractivity contribution in [2.45, 2.75) is 6.18 Å². The van der Waals surface area contributed by atoms with Gasteiger partial charge in [-0.1, -0.05) is 0 Å². The number of amides is 1. The van der Waals surface area contributed by atoms with Gasteiger partial charge in [-0.2, -0.15) is 31.0 Å². The SMILES string of the molecule is O=C(CNS(=O)(=O)NCC(F)(F)F)N1CCNCC1. The van der Waals surface area contributed by atoms with Crippen LogP contribution in [0.4, 0.5) is 13.2 Å². The van der Waals surface area contributed by atoms with E-state index in [2.05, 4.69) is 5.32 Å². The Bertz CT molecular complexity index is 406. The van der Waals surface area contributed by atoms with Crippen molar-refractivity contribution in [3.8, 4) is 0 Å². The van der Waals surface area contributed by atoms with Gasteiger partial charge in [0.05, 0.1) is 6.54 Å². The van der Waals surface area contributed by atoms with Crippen molar-refractivity contribution in [2.24, 2.45) is 0 Å². The average molecular weight is 304 g/mol. The highest BCUT2D eigenvalue weighted by molar-refractivity contribution is 7.87. The number of rotatable bonds is 5. The predicted molar refractivity (Wildman–Crippen MR) is 60.4 cm³/mol. The van der Waals surface area contributed by atoms with Gasteiger partial charge in [0.15, 0.2) is 0 Å². The van der Waals surface area contributed by atoms with E-state index in [1.807, 2.05) is 0 Å². The third-order valence-electron chi connectivity index (χ3n) is 2.35. The summed E-state index contributed by atoms with van der Waals surface area (Å²) in [4.78, 5) is 13.0. The van der Waals surface area contributed by atoms with Crippen molar-refractivity contribution in [3.63, 3.8) is 0 Å². The maximum atomic E-state index is 11.8. The highest BCUT2D eigenvalue weighted by atomic mass is 32.2. The van der Waals surface area contributed by atoms with Gasteiger partial charge in [-0.3, -0.25) is 4.79 Å². The molecule has 0 atom stereocenters. The molecule has 0 bridgehead atoms. The summed E-state index contributed by atoms with van der Waals surface area (Å²) in [5.74, 6) is -0.473. The minimum Gasteiger partial charge on any atom is -0.339 e. The molecular formula is C8H15F3N4O3S. The molecule has 11 heteroatoms. The fourth-order valence-electron chi connectivity index (χ4n) is 1.41. The van der Waals surface area contributed by atoms with Gasteiger partial charge in [0.2, 0.25) is 5.91 Å². The second-order valence-electron chi connectivity index (χ2n) is 3.89. The van der Waals surface area contributed by atoms with Crippen LogP contribution in [0.2, 0.25) is 0 Å². The molecule has 0 unspecified atom stereocenters. The van der Waals surface area contributed by atoms with Crippen LogP contribution in [0, 0.1) is 0 Å². The van der Waals surface area contributed by atoms with Gasteiger partial charge in [-0.25, -0.2) is 0 Å². The first-order chi connectivity index (χ1) is 8.70. The number of halogens is 3. The Morgan fingerprint density at radius 2 is 1.79 bits per heavy atom. The summed E-state index contributed by atoms with van der Waals surface area (Å²) >= 11 is 0. The molecule has 1 amide bonds. The molecule has 1 saturated heterocycles. The molecule has 0 radical (unpaired) electrons. The van der Waals surface area contributed by atoms with E-state index in [-0.39, 0.29) is 0 Å². The molecule has 0 spiro atoms. The molecule has 0 aromatic rings. The van der Waals surface area contributed by atoms with Crippen molar-refractivity contribution in [1.29, 1.82) is 0 Å². The summed E-state index contributed by atoms with van der Waals surface area (Å²) in [5, 5.41) is 3.01. The van der Waals surface area contributed by atoms with E-state index in [4.69, 9.17) is 0 Å². The van der Waals surface area contributed by atoms with Crippen LogP contribution in [0.25, 0.3) is 0 Å². The number of hydrogen-bond donors (Lipinski definition) is 3. The third-order valence-corrected chi connectivity index (χ3v) is 3.39. The maximum Gasteiger partial charge on any atom is 0.402 e. The molecule has 0 aromatic carbocycles. The van der Waals surface area contributed by atoms with E-state index in [1.165, 1.54) is 9.62 Å². The molecule has 1 rings (SSSR count). The first kappa shape index (κ1) is 16.1. The lowest BCUT2D eigenvalue weighted by molar-refractivity contribution is -0.130. The van der Waals surface area contributed by atoms with Gasteiger partial charge in [-0.15, -0.1) is 0 Å². The van der Waals surface area contributed by atoms with Crippen molar-refractivity contribution in [2.75, 3.05) is 39.3 Å². The summed E-state index contributed by atoms with van der Waals surface area (Å²) in [6.45, 7) is -0.153. The second kappa shape index (κ2) is 6.50. The molecule has 1 aliphatic rings. The topological polar surface area (TPSA) is 90.5 Å². The quantitative estimate of drug-likeness (QED) is 0.571. The highest BCUT2D eigenvalue weighted by Crippen LogP contribution is 2.12. The molecule has 3 N–H and O–H groups in total. The molecule has 1 fully saturated rings.